The van der Waals surface area contributed by atoms with Crippen LogP contribution in [-0.4, -0.2) is 23.6 Å². The van der Waals surface area contributed by atoms with Crippen molar-refractivity contribution in [3.8, 4) is 0 Å². The van der Waals surface area contributed by atoms with Crippen LogP contribution in [0.25, 0.3) is 0 Å². The van der Waals surface area contributed by atoms with Crippen LogP contribution in [0.5, 0.6) is 0 Å². The number of nitrogens with zero attached hydrogens (tertiary/aromatic N) is 3. The number of hydrogen-bond acceptors (Lipinski definition) is 4. The third kappa shape index (κ3) is 2.74. The van der Waals surface area contributed by atoms with Crippen molar-refractivity contribution in [1.82, 2.24) is 9.97 Å². The monoisotopic (exact) mass is 248 g/mol. The molecule has 0 radical (unpaired) electrons. The maximum Gasteiger partial charge on any atom is 0.137 e. The normalized spacial score (nSPS) is 22.0. The van der Waals surface area contributed by atoms with Crippen LogP contribution in [0.4, 0.5) is 11.6 Å². The fourth-order valence-corrected chi connectivity index (χ4v) is 2.37. The Kier molecular flexibility index (Phi) is 3.73. The van der Waals surface area contributed by atoms with E-state index in [1.807, 2.05) is 6.92 Å². The lowest BCUT2D eigenvalue weighted by Gasteiger charge is -2.21. The molecule has 0 saturated heterocycles. The fraction of sp³-hybridized carbons (Fsp3) is 0.714. The number of hydrogen-bond donors (Lipinski definition) is 1. The molecule has 1 fully saturated rings. The summed E-state index contributed by atoms with van der Waals surface area (Å²) in [6, 6.07) is 0. The molecule has 0 aliphatic heterocycles. The molecule has 1 aromatic heterocycles. The first kappa shape index (κ1) is 13.1. The van der Waals surface area contributed by atoms with E-state index in [-0.39, 0.29) is 0 Å². The summed E-state index contributed by atoms with van der Waals surface area (Å²) >= 11 is 0. The minimum absolute atomic E-state index is 0.624. The van der Waals surface area contributed by atoms with E-state index in [2.05, 4.69) is 35.8 Å². The lowest BCUT2D eigenvalue weighted by Crippen LogP contribution is -2.24. The highest BCUT2D eigenvalue weighted by Gasteiger charge is 2.33. The third-order valence-corrected chi connectivity index (χ3v) is 3.82. The van der Waals surface area contributed by atoms with Gasteiger partial charge in [-0.2, -0.15) is 0 Å². The van der Waals surface area contributed by atoms with Gasteiger partial charge < -0.3 is 10.6 Å². The van der Waals surface area contributed by atoms with Crippen LogP contribution in [-0.2, 0) is 6.42 Å². The molecule has 2 N–H and O–H groups in total. The van der Waals surface area contributed by atoms with Gasteiger partial charge in [-0.05, 0) is 31.6 Å². The molecule has 4 heteroatoms. The van der Waals surface area contributed by atoms with E-state index in [0.29, 0.717) is 5.82 Å². The second-order valence-electron chi connectivity index (χ2n) is 5.58. The summed E-state index contributed by atoms with van der Waals surface area (Å²) in [6.07, 6.45) is 3.28. The van der Waals surface area contributed by atoms with Crippen LogP contribution < -0.4 is 10.6 Å². The summed E-state index contributed by atoms with van der Waals surface area (Å²) in [5.74, 6) is 4.18. The van der Waals surface area contributed by atoms with Crippen molar-refractivity contribution in [3.05, 3.63) is 11.4 Å². The molecule has 1 aliphatic carbocycles. The van der Waals surface area contributed by atoms with Crippen molar-refractivity contribution in [2.75, 3.05) is 24.2 Å². The van der Waals surface area contributed by atoms with Crippen molar-refractivity contribution >= 4 is 11.6 Å². The van der Waals surface area contributed by atoms with Gasteiger partial charge in [-0.1, -0.05) is 13.8 Å². The highest BCUT2D eigenvalue weighted by atomic mass is 15.2. The Morgan fingerprint density at radius 3 is 2.61 bits per heavy atom. The van der Waals surface area contributed by atoms with Gasteiger partial charge in [-0.25, -0.2) is 9.97 Å². The van der Waals surface area contributed by atoms with Crippen molar-refractivity contribution in [2.45, 2.75) is 40.0 Å². The Hall–Kier alpha value is -1.32. The first-order chi connectivity index (χ1) is 8.52. The van der Waals surface area contributed by atoms with Gasteiger partial charge in [0.15, 0.2) is 0 Å². The summed E-state index contributed by atoms with van der Waals surface area (Å²) in [5.41, 5.74) is 6.99. The summed E-state index contributed by atoms with van der Waals surface area (Å²) in [7, 11) is 2.11. The lowest BCUT2D eigenvalue weighted by atomic mass is 10.2. The quantitative estimate of drug-likeness (QED) is 0.869. The number of anilines is 2. The first-order valence-corrected chi connectivity index (χ1v) is 6.87. The standard InChI is InChI=1S/C14H24N4/c1-5-6-12-16-13(15)10(3)14(17-12)18(4)8-11-7-9(11)2/h9,11H,5-8H2,1-4H3,(H2,15,16,17). The van der Waals surface area contributed by atoms with Gasteiger partial charge in [0, 0.05) is 25.6 Å². The smallest absolute Gasteiger partial charge is 0.137 e. The number of rotatable bonds is 5. The predicted molar refractivity (Wildman–Crippen MR) is 75.7 cm³/mol. The molecule has 1 aliphatic rings. The van der Waals surface area contributed by atoms with Gasteiger partial charge in [-0.3, -0.25) is 0 Å². The summed E-state index contributed by atoms with van der Waals surface area (Å²) < 4.78 is 0. The summed E-state index contributed by atoms with van der Waals surface area (Å²) in [4.78, 5) is 11.3. The molecule has 1 aromatic rings. The summed E-state index contributed by atoms with van der Waals surface area (Å²) in [5, 5.41) is 0. The summed E-state index contributed by atoms with van der Waals surface area (Å²) in [6.45, 7) is 7.52. The zero-order valence-electron chi connectivity index (χ0n) is 11.9. The number of aryl methyl sites for hydroxylation is 1. The zero-order valence-corrected chi connectivity index (χ0v) is 11.9. The molecule has 18 heavy (non-hydrogen) atoms. The Bertz CT molecular complexity index is 430. The van der Waals surface area contributed by atoms with Crippen LogP contribution in [0.3, 0.4) is 0 Å². The minimum atomic E-state index is 0.624. The maximum atomic E-state index is 5.99. The van der Waals surface area contributed by atoms with Crippen molar-refractivity contribution in [3.63, 3.8) is 0 Å². The Morgan fingerprint density at radius 2 is 2.06 bits per heavy atom. The first-order valence-electron chi connectivity index (χ1n) is 6.87. The van der Waals surface area contributed by atoms with Crippen LogP contribution in [0.15, 0.2) is 0 Å². The second kappa shape index (κ2) is 5.12. The van der Waals surface area contributed by atoms with Crippen LogP contribution in [0.1, 0.15) is 38.1 Å². The third-order valence-electron chi connectivity index (χ3n) is 3.82. The molecule has 1 saturated carbocycles. The molecule has 0 aromatic carbocycles. The SMILES string of the molecule is CCCc1nc(N)c(C)c(N(C)CC2CC2C)n1. The molecule has 1 heterocycles. The molecular weight excluding hydrogens is 224 g/mol. The molecule has 4 nitrogen and oxygen atoms in total. The average Bonchev–Trinajstić information content (AvgIpc) is 2.99. The maximum absolute atomic E-state index is 5.99. The van der Waals surface area contributed by atoms with E-state index in [1.165, 1.54) is 6.42 Å². The van der Waals surface area contributed by atoms with Gasteiger partial charge in [0.2, 0.25) is 0 Å². The van der Waals surface area contributed by atoms with E-state index < -0.39 is 0 Å². The molecule has 0 spiro atoms. The van der Waals surface area contributed by atoms with Gasteiger partial charge in [-0.15, -0.1) is 0 Å². The second-order valence-corrected chi connectivity index (χ2v) is 5.58. The molecule has 2 rings (SSSR count). The van der Waals surface area contributed by atoms with Crippen molar-refractivity contribution in [2.24, 2.45) is 11.8 Å². The topological polar surface area (TPSA) is 55.0 Å². The predicted octanol–water partition coefficient (Wildman–Crippen LogP) is 2.41. The van der Waals surface area contributed by atoms with Crippen LogP contribution in [0.2, 0.25) is 0 Å². The number of nitrogen functional groups attached to an aromatic ring is 1. The van der Waals surface area contributed by atoms with Crippen molar-refractivity contribution < 1.29 is 0 Å². The number of aromatic nitrogens is 2. The van der Waals surface area contributed by atoms with Gasteiger partial charge in [0.25, 0.3) is 0 Å². The largest absolute Gasteiger partial charge is 0.383 e. The Balaban J connectivity index is 2.18. The van der Waals surface area contributed by atoms with E-state index in [9.17, 15) is 0 Å². The molecule has 2 unspecified atom stereocenters. The molecule has 100 valence electrons. The molecule has 2 atom stereocenters. The zero-order chi connectivity index (χ0) is 13.3. The highest BCUT2D eigenvalue weighted by Crippen LogP contribution is 2.38. The molecule has 0 amide bonds. The molecule has 0 bridgehead atoms. The van der Waals surface area contributed by atoms with E-state index in [4.69, 9.17) is 5.73 Å². The number of nitrogens with two attached hydrogens (primary N) is 1. The van der Waals surface area contributed by atoms with E-state index in [1.54, 1.807) is 0 Å². The van der Waals surface area contributed by atoms with E-state index >= 15 is 0 Å². The van der Waals surface area contributed by atoms with Gasteiger partial charge in [0.05, 0.1) is 0 Å². The van der Waals surface area contributed by atoms with E-state index in [0.717, 1.165) is 48.4 Å². The molecular formula is C14H24N4. The van der Waals surface area contributed by atoms with Crippen LogP contribution >= 0.6 is 0 Å². The average molecular weight is 248 g/mol. The highest BCUT2D eigenvalue weighted by molar-refractivity contribution is 5.56. The minimum Gasteiger partial charge on any atom is -0.383 e. The van der Waals surface area contributed by atoms with Gasteiger partial charge >= 0.3 is 0 Å². The fourth-order valence-electron chi connectivity index (χ4n) is 2.37. The lowest BCUT2D eigenvalue weighted by molar-refractivity contribution is 0.712. The van der Waals surface area contributed by atoms with Crippen LogP contribution in [0, 0.1) is 18.8 Å². The Morgan fingerprint density at radius 1 is 1.39 bits per heavy atom. The Labute approximate surface area is 110 Å². The van der Waals surface area contributed by atoms with Gasteiger partial charge in [0.1, 0.15) is 17.5 Å². The van der Waals surface area contributed by atoms with Crippen molar-refractivity contribution in [1.29, 1.82) is 0 Å².